The summed E-state index contributed by atoms with van der Waals surface area (Å²) < 4.78 is 2.02. The summed E-state index contributed by atoms with van der Waals surface area (Å²) in [7, 11) is 0. The SMILES string of the molecule is N=C(NN=Cc1ccc(Br)cc1)NN=Cc1ccc(Br)cc1.O=[N+]([O-])O. The second-order valence-electron chi connectivity index (χ2n) is 4.46. The van der Waals surface area contributed by atoms with E-state index in [1.807, 2.05) is 48.5 Å². The summed E-state index contributed by atoms with van der Waals surface area (Å²) in [6, 6.07) is 15.4. The Hall–Kier alpha value is -2.79. The maximum Gasteiger partial charge on any atom is 0.291 e. The van der Waals surface area contributed by atoms with Crippen LogP contribution >= 0.6 is 31.9 Å². The standard InChI is InChI=1S/C15H13Br2N5.HNO3/c16-13-5-1-11(2-6-13)9-19-21-15(18)22-20-10-12-3-7-14(17)8-4-12;2-1(3)4/h1-10H,(H3,18,21,22);(H,2,3,4). The number of hydrazone groups is 2. The quantitative estimate of drug-likeness (QED) is 0.228. The minimum absolute atomic E-state index is 0.0123. The minimum atomic E-state index is -1.50. The van der Waals surface area contributed by atoms with Gasteiger partial charge >= 0.3 is 0 Å². The summed E-state index contributed by atoms with van der Waals surface area (Å²) in [6.45, 7) is 0. The van der Waals surface area contributed by atoms with Crippen LogP contribution in [-0.2, 0) is 0 Å². The lowest BCUT2D eigenvalue weighted by Crippen LogP contribution is -2.29. The Morgan fingerprint density at radius 1 is 0.962 bits per heavy atom. The first-order valence-corrected chi connectivity index (χ1v) is 8.46. The topological polar surface area (TPSA) is 136 Å². The molecule has 0 aliphatic rings. The molecular formula is C15H14Br2N6O3. The van der Waals surface area contributed by atoms with Gasteiger partial charge in [-0.05, 0) is 35.4 Å². The zero-order valence-electron chi connectivity index (χ0n) is 13.1. The van der Waals surface area contributed by atoms with Gasteiger partial charge in [0.15, 0.2) is 0 Å². The van der Waals surface area contributed by atoms with Crippen molar-refractivity contribution in [2.75, 3.05) is 0 Å². The Balaban J connectivity index is 0.000000765. The Labute approximate surface area is 165 Å². The molecule has 0 saturated heterocycles. The van der Waals surface area contributed by atoms with Gasteiger partial charge in [-0.3, -0.25) is 5.41 Å². The molecule has 2 aromatic rings. The number of benzene rings is 2. The summed E-state index contributed by atoms with van der Waals surface area (Å²) in [5, 5.41) is 29.2. The van der Waals surface area contributed by atoms with Crippen LogP contribution in [-0.4, -0.2) is 28.7 Å². The molecule has 0 bridgehead atoms. The van der Waals surface area contributed by atoms with Gasteiger partial charge in [0.1, 0.15) is 0 Å². The Morgan fingerprint density at radius 2 is 1.27 bits per heavy atom. The predicted molar refractivity (Wildman–Crippen MR) is 106 cm³/mol. The number of halogens is 2. The zero-order chi connectivity index (χ0) is 19.4. The maximum absolute atomic E-state index is 8.36. The van der Waals surface area contributed by atoms with Crippen LogP contribution < -0.4 is 10.9 Å². The Morgan fingerprint density at radius 3 is 1.58 bits per heavy atom. The molecule has 0 spiro atoms. The molecule has 9 nitrogen and oxygen atoms in total. The van der Waals surface area contributed by atoms with Crippen LogP contribution in [0.25, 0.3) is 0 Å². The summed E-state index contributed by atoms with van der Waals surface area (Å²) >= 11 is 6.73. The molecule has 0 aromatic heterocycles. The molecule has 26 heavy (non-hydrogen) atoms. The number of hydrogen-bond acceptors (Lipinski definition) is 5. The fourth-order valence-electron chi connectivity index (χ4n) is 1.47. The highest BCUT2D eigenvalue weighted by atomic mass is 79.9. The molecule has 0 atom stereocenters. The third-order valence-electron chi connectivity index (χ3n) is 2.52. The van der Waals surface area contributed by atoms with E-state index >= 15 is 0 Å². The average molecular weight is 486 g/mol. The first-order chi connectivity index (χ1) is 12.4. The van der Waals surface area contributed by atoms with Gasteiger partial charge in [-0.2, -0.15) is 10.2 Å². The number of guanidine groups is 1. The molecule has 0 amide bonds. The predicted octanol–water partition coefficient (Wildman–Crippen LogP) is 3.35. The Kier molecular flexibility index (Phi) is 9.57. The van der Waals surface area contributed by atoms with Gasteiger partial charge in [-0.25, -0.2) is 10.9 Å². The third-order valence-corrected chi connectivity index (χ3v) is 3.58. The van der Waals surface area contributed by atoms with Crippen LogP contribution in [0.4, 0.5) is 0 Å². The van der Waals surface area contributed by atoms with Crippen LogP contribution in [0.3, 0.4) is 0 Å². The second kappa shape index (κ2) is 11.7. The van der Waals surface area contributed by atoms with Crippen LogP contribution in [0.1, 0.15) is 11.1 Å². The number of nitrogens with one attached hydrogen (secondary N) is 3. The molecule has 0 radical (unpaired) electrons. The van der Waals surface area contributed by atoms with Gasteiger partial charge in [0, 0.05) is 8.95 Å². The molecule has 136 valence electrons. The van der Waals surface area contributed by atoms with Gasteiger partial charge < -0.3 is 5.21 Å². The van der Waals surface area contributed by atoms with Crippen molar-refractivity contribution in [1.82, 2.24) is 10.9 Å². The monoisotopic (exact) mass is 484 g/mol. The molecule has 0 unspecified atom stereocenters. The molecule has 0 fully saturated rings. The fourth-order valence-corrected chi connectivity index (χ4v) is 1.99. The van der Waals surface area contributed by atoms with Crippen molar-refractivity contribution >= 4 is 50.2 Å². The molecule has 0 saturated carbocycles. The van der Waals surface area contributed by atoms with Crippen molar-refractivity contribution in [1.29, 1.82) is 5.41 Å². The molecule has 2 aromatic carbocycles. The lowest BCUT2D eigenvalue weighted by molar-refractivity contribution is -0.742. The van der Waals surface area contributed by atoms with E-state index in [1.165, 1.54) is 0 Å². The average Bonchev–Trinajstić information content (AvgIpc) is 2.58. The summed E-state index contributed by atoms with van der Waals surface area (Å²) in [5.74, 6) is -0.0123. The summed E-state index contributed by atoms with van der Waals surface area (Å²) in [4.78, 5) is 8.36. The largest absolute Gasteiger partial charge is 0.328 e. The molecule has 2 rings (SSSR count). The third kappa shape index (κ3) is 10.2. The smallest absolute Gasteiger partial charge is 0.291 e. The maximum atomic E-state index is 8.36. The van der Waals surface area contributed by atoms with Crippen LogP contribution in [0.2, 0.25) is 0 Å². The van der Waals surface area contributed by atoms with Gasteiger partial charge in [0.25, 0.3) is 5.09 Å². The molecule has 0 aliphatic carbocycles. The number of rotatable bonds is 4. The van der Waals surface area contributed by atoms with Crippen molar-refractivity contribution < 1.29 is 10.3 Å². The fraction of sp³-hybridized carbons (Fsp3) is 0. The lowest BCUT2D eigenvalue weighted by atomic mass is 10.2. The van der Waals surface area contributed by atoms with Crippen molar-refractivity contribution in [3.05, 3.63) is 78.7 Å². The van der Waals surface area contributed by atoms with Gasteiger partial charge in [-0.1, -0.05) is 56.1 Å². The van der Waals surface area contributed by atoms with Crippen LogP contribution in [0.15, 0.2) is 67.7 Å². The van der Waals surface area contributed by atoms with Crippen molar-refractivity contribution in [3.8, 4) is 0 Å². The zero-order valence-corrected chi connectivity index (χ0v) is 16.3. The number of nitrogens with zero attached hydrogens (tertiary/aromatic N) is 3. The highest BCUT2D eigenvalue weighted by molar-refractivity contribution is 9.10. The van der Waals surface area contributed by atoms with Gasteiger partial charge in [0.05, 0.1) is 12.4 Å². The van der Waals surface area contributed by atoms with Crippen molar-refractivity contribution in [3.63, 3.8) is 0 Å². The van der Waals surface area contributed by atoms with E-state index in [1.54, 1.807) is 12.4 Å². The van der Waals surface area contributed by atoms with Gasteiger partial charge in [0.2, 0.25) is 5.96 Å². The van der Waals surface area contributed by atoms with E-state index in [4.69, 9.17) is 20.7 Å². The lowest BCUT2D eigenvalue weighted by Gasteiger charge is -2.01. The first-order valence-electron chi connectivity index (χ1n) is 6.88. The van der Waals surface area contributed by atoms with Crippen molar-refractivity contribution in [2.24, 2.45) is 10.2 Å². The van der Waals surface area contributed by atoms with E-state index in [0.717, 1.165) is 20.1 Å². The molecule has 4 N–H and O–H groups in total. The van der Waals surface area contributed by atoms with E-state index < -0.39 is 5.09 Å². The molecule has 0 aliphatic heterocycles. The summed E-state index contributed by atoms with van der Waals surface area (Å²) in [5.41, 5.74) is 6.96. The minimum Gasteiger partial charge on any atom is -0.328 e. The van der Waals surface area contributed by atoms with Gasteiger partial charge in [-0.15, -0.1) is 10.1 Å². The van der Waals surface area contributed by atoms with E-state index in [2.05, 4.69) is 52.9 Å². The highest BCUT2D eigenvalue weighted by Gasteiger charge is 1.92. The summed E-state index contributed by atoms with van der Waals surface area (Å²) in [6.07, 6.45) is 3.25. The normalized spacial score (nSPS) is 10.2. The second-order valence-corrected chi connectivity index (χ2v) is 6.29. The van der Waals surface area contributed by atoms with Crippen LogP contribution in [0.5, 0.6) is 0 Å². The van der Waals surface area contributed by atoms with Crippen LogP contribution in [0, 0.1) is 15.5 Å². The van der Waals surface area contributed by atoms with E-state index in [9.17, 15) is 0 Å². The molecular weight excluding hydrogens is 472 g/mol. The molecule has 11 heteroatoms. The first kappa shape index (κ1) is 21.3. The van der Waals surface area contributed by atoms with E-state index in [-0.39, 0.29) is 5.96 Å². The highest BCUT2D eigenvalue weighted by Crippen LogP contribution is 2.09. The van der Waals surface area contributed by atoms with Crippen molar-refractivity contribution in [2.45, 2.75) is 0 Å². The van der Waals surface area contributed by atoms with E-state index in [0.29, 0.717) is 0 Å². The number of hydrogen-bond donors (Lipinski definition) is 4. The molecule has 0 heterocycles. The Bertz CT molecular complexity index is 715.